The highest BCUT2D eigenvalue weighted by Gasteiger charge is 2.25. The van der Waals surface area contributed by atoms with Crippen molar-refractivity contribution in [1.29, 1.82) is 0 Å². The fraction of sp³-hybridized carbons (Fsp3) is 0.571. The molecule has 1 saturated heterocycles. The van der Waals surface area contributed by atoms with Gasteiger partial charge in [-0.05, 0) is 31.5 Å². The Morgan fingerprint density at radius 2 is 2.17 bits per heavy atom. The topological polar surface area (TPSA) is 23.5 Å². The lowest BCUT2D eigenvalue weighted by atomic mass is 10.1. The zero-order valence-corrected chi connectivity index (χ0v) is 13.5. The van der Waals surface area contributed by atoms with Crippen molar-refractivity contribution in [2.45, 2.75) is 38.2 Å². The van der Waals surface area contributed by atoms with Crippen LogP contribution in [0.5, 0.6) is 0 Å². The maximum absolute atomic E-state index is 9.65. The molecule has 0 amide bonds. The minimum absolute atomic E-state index is 0.429. The normalized spacial score (nSPS) is 26.2. The molecule has 2 rings (SSSR count). The summed E-state index contributed by atoms with van der Waals surface area (Å²) in [5.74, 6) is 1.18. The van der Waals surface area contributed by atoms with E-state index in [2.05, 4.69) is 46.8 Å². The second-order valence-corrected chi connectivity index (χ2v) is 7.23. The van der Waals surface area contributed by atoms with Crippen LogP contribution in [0.25, 0.3) is 0 Å². The summed E-state index contributed by atoms with van der Waals surface area (Å²) >= 11 is 5.60. The van der Waals surface area contributed by atoms with E-state index in [1.54, 1.807) is 6.92 Å². The number of hydrogen-bond acceptors (Lipinski definition) is 3. The molecule has 0 aliphatic carbocycles. The molecule has 1 aliphatic heterocycles. The minimum Gasteiger partial charge on any atom is -0.389 e. The van der Waals surface area contributed by atoms with Crippen molar-refractivity contribution in [3.63, 3.8) is 0 Å². The molecule has 2 unspecified atom stereocenters. The second-order valence-electron chi connectivity index (χ2n) is 4.89. The van der Waals surface area contributed by atoms with Gasteiger partial charge in [-0.15, -0.1) is 0 Å². The molecule has 3 atom stereocenters. The van der Waals surface area contributed by atoms with Gasteiger partial charge in [0.15, 0.2) is 0 Å². The lowest BCUT2D eigenvalue weighted by molar-refractivity contribution is 0.198. The number of nitrogens with zero attached hydrogens (tertiary/aromatic N) is 1. The van der Waals surface area contributed by atoms with Gasteiger partial charge in [0.25, 0.3) is 0 Å². The fourth-order valence-corrected chi connectivity index (χ4v) is 4.13. The molecule has 4 heteroatoms. The van der Waals surface area contributed by atoms with E-state index in [4.69, 9.17) is 0 Å². The predicted molar refractivity (Wildman–Crippen MR) is 83.5 cm³/mol. The smallest absolute Gasteiger partial charge is 0.0772 e. The van der Waals surface area contributed by atoms with Crippen molar-refractivity contribution in [2.24, 2.45) is 0 Å². The Morgan fingerprint density at radius 1 is 1.44 bits per heavy atom. The minimum atomic E-state index is -0.429. The van der Waals surface area contributed by atoms with E-state index in [-0.39, 0.29) is 0 Å². The van der Waals surface area contributed by atoms with E-state index in [0.717, 1.165) is 16.6 Å². The molecular formula is C14H20BrNOS. The number of halogens is 1. The van der Waals surface area contributed by atoms with Crippen molar-refractivity contribution in [1.82, 2.24) is 0 Å². The average molecular weight is 330 g/mol. The number of aliphatic hydroxyl groups is 1. The molecule has 0 aromatic heterocycles. The zero-order chi connectivity index (χ0) is 13.3. The Bertz CT molecular complexity index is 424. The third kappa shape index (κ3) is 2.86. The van der Waals surface area contributed by atoms with Gasteiger partial charge >= 0.3 is 0 Å². The largest absolute Gasteiger partial charge is 0.389 e. The number of aliphatic hydroxyl groups excluding tert-OH is 1. The molecular weight excluding hydrogens is 310 g/mol. The number of rotatable bonds is 2. The van der Waals surface area contributed by atoms with Crippen LogP contribution in [0.2, 0.25) is 0 Å². The van der Waals surface area contributed by atoms with E-state index < -0.39 is 6.10 Å². The Kier molecular flexibility index (Phi) is 4.62. The SMILES string of the molecule is CC1SCCN(c2ccc([C@@H](C)O)c(Br)c2)C1C. The Morgan fingerprint density at radius 3 is 2.78 bits per heavy atom. The van der Waals surface area contributed by atoms with Gasteiger partial charge in [0, 0.05) is 33.7 Å². The molecule has 1 aromatic carbocycles. The van der Waals surface area contributed by atoms with Crippen molar-refractivity contribution in [2.75, 3.05) is 17.2 Å². The van der Waals surface area contributed by atoms with Crippen LogP contribution < -0.4 is 4.90 Å². The third-order valence-corrected chi connectivity index (χ3v) is 5.67. The van der Waals surface area contributed by atoms with Crippen LogP contribution in [-0.4, -0.2) is 28.7 Å². The quantitative estimate of drug-likeness (QED) is 0.891. The number of benzene rings is 1. The summed E-state index contributed by atoms with van der Waals surface area (Å²) in [7, 11) is 0. The first-order valence-electron chi connectivity index (χ1n) is 6.36. The van der Waals surface area contributed by atoms with Crippen LogP contribution in [0.3, 0.4) is 0 Å². The highest BCUT2D eigenvalue weighted by Crippen LogP contribution is 2.33. The fourth-order valence-electron chi connectivity index (χ4n) is 2.33. The summed E-state index contributed by atoms with van der Waals surface area (Å²) in [6.07, 6.45) is -0.429. The maximum atomic E-state index is 9.65. The lowest BCUT2D eigenvalue weighted by Gasteiger charge is -2.39. The van der Waals surface area contributed by atoms with Gasteiger partial charge in [-0.1, -0.05) is 28.9 Å². The molecule has 1 fully saturated rings. The van der Waals surface area contributed by atoms with E-state index >= 15 is 0 Å². The Labute approximate surface area is 122 Å². The molecule has 0 spiro atoms. The van der Waals surface area contributed by atoms with Crippen molar-refractivity contribution in [3.8, 4) is 0 Å². The lowest BCUT2D eigenvalue weighted by Crippen LogP contribution is -2.44. The van der Waals surface area contributed by atoms with Gasteiger partial charge in [-0.2, -0.15) is 11.8 Å². The maximum Gasteiger partial charge on any atom is 0.0772 e. The summed E-state index contributed by atoms with van der Waals surface area (Å²) in [6.45, 7) is 7.46. The van der Waals surface area contributed by atoms with Gasteiger partial charge in [0.1, 0.15) is 0 Å². The van der Waals surface area contributed by atoms with Crippen molar-refractivity contribution in [3.05, 3.63) is 28.2 Å². The van der Waals surface area contributed by atoms with E-state index in [0.29, 0.717) is 11.3 Å². The third-order valence-electron chi connectivity index (χ3n) is 3.65. The molecule has 0 saturated carbocycles. The molecule has 0 bridgehead atoms. The number of hydrogen-bond donors (Lipinski definition) is 1. The van der Waals surface area contributed by atoms with Crippen LogP contribution in [0.15, 0.2) is 22.7 Å². The molecule has 18 heavy (non-hydrogen) atoms. The van der Waals surface area contributed by atoms with Crippen LogP contribution >= 0.6 is 27.7 Å². The molecule has 2 nitrogen and oxygen atoms in total. The molecule has 100 valence electrons. The van der Waals surface area contributed by atoms with E-state index in [1.807, 2.05) is 17.8 Å². The highest BCUT2D eigenvalue weighted by molar-refractivity contribution is 9.10. The summed E-state index contributed by atoms with van der Waals surface area (Å²) in [5.41, 5.74) is 2.19. The molecule has 1 N–H and O–H groups in total. The van der Waals surface area contributed by atoms with E-state index in [1.165, 1.54) is 11.4 Å². The van der Waals surface area contributed by atoms with Gasteiger partial charge < -0.3 is 10.0 Å². The summed E-state index contributed by atoms with van der Waals surface area (Å²) in [4.78, 5) is 2.46. The van der Waals surface area contributed by atoms with Crippen LogP contribution in [0.1, 0.15) is 32.4 Å². The standard InChI is InChI=1S/C14H20BrNOS/c1-9-11(3)18-7-6-16(9)12-4-5-13(10(2)17)14(15)8-12/h4-5,8-11,17H,6-7H2,1-3H3/t9?,10-,11?/m1/s1. The van der Waals surface area contributed by atoms with Crippen molar-refractivity contribution < 1.29 is 5.11 Å². The van der Waals surface area contributed by atoms with Crippen molar-refractivity contribution >= 4 is 33.4 Å². The Hall–Kier alpha value is -0.190. The van der Waals surface area contributed by atoms with Gasteiger partial charge in [-0.25, -0.2) is 0 Å². The highest BCUT2D eigenvalue weighted by atomic mass is 79.9. The zero-order valence-electron chi connectivity index (χ0n) is 11.1. The first-order valence-corrected chi connectivity index (χ1v) is 8.20. The van der Waals surface area contributed by atoms with Crippen LogP contribution in [0.4, 0.5) is 5.69 Å². The monoisotopic (exact) mass is 329 g/mol. The van der Waals surface area contributed by atoms with Gasteiger partial charge in [-0.3, -0.25) is 0 Å². The number of anilines is 1. The average Bonchev–Trinajstić information content (AvgIpc) is 2.32. The van der Waals surface area contributed by atoms with E-state index in [9.17, 15) is 5.11 Å². The summed E-state index contributed by atoms with van der Waals surface area (Å²) < 4.78 is 0.994. The van der Waals surface area contributed by atoms with Gasteiger partial charge in [0.05, 0.1) is 6.10 Å². The van der Waals surface area contributed by atoms with Crippen LogP contribution in [0, 0.1) is 0 Å². The summed E-state index contributed by atoms with van der Waals surface area (Å²) in [5, 5.41) is 10.3. The summed E-state index contributed by atoms with van der Waals surface area (Å²) in [6, 6.07) is 6.81. The first kappa shape index (κ1) is 14.2. The first-order chi connectivity index (χ1) is 8.50. The van der Waals surface area contributed by atoms with Crippen LogP contribution in [-0.2, 0) is 0 Å². The predicted octanol–water partition coefficient (Wildman–Crippen LogP) is 3.83. The molecule has 1 aromatic rings. The molecule has 1 heterocycles. The van der Waals surface area contributed by atoms with Gasteiger partial charge in [0.2, 0.25) is 0 Å². The second kappa shape index (κ2) is 5.85. The number of thioether (sulfide) groups is 1. The molecule has 0 radical (unpaired) electrons. The molecule has 1 aliphatic rings. The Balaban J connectivity index is 2.26.